The first-order chi connectivity index (χ1) is 13.9. The van der Waals surface area contributed by atoms with Gasteiger partial charge in [0.15, 0.2) is 0 Å². The summed E-state index contributed by atoms with van der Waals surface area (Å²) in [6.07, 6.45) is 3.58. The Balaban J connectivity index is 1.73. The average Bonchev–Trinajstić information content (AvgIpc) is 3.07. The Kier molecular flexibility index (Phi) is 6.20. The van der Waals surface area contributed by atoms with E-state index in [1.807, 2.05) is 38.2 Å². The van der Waals surface area contributed by atoms with Gasteiger partial charge in [-0.2, -0.15) is 5.26 Å². The summed E-state index contributed by atoms with van der Waals surface area (Å²) >= 11 is 6.07. The molecule has 0 bridgehead atoms. The standard InChI is InChI=1S/C22H20ClN3O3/c1-14(2)20(25-21(27)16-7-3-4-8-18(16)23)22(28)29-13-15-12-26-10-6-5-9-19(26)17(15)11-24/h3-10,12,14,20H,13H2,1-2H3,(H,25,27)/t20-/m0/s1. The van der Waals surface area contributed by atoms with Crippen LogP contribution in [0.3, 0.4) is 0 Å². The Morgan fingerprint density at radius 1 is 1.21 bits per heavy atom. The number of nitrogens with one attached hydrogen (secondary N) is 1. The zero-order valence-corrected chi connectivity index (χ0v) is 16.8. The highest BCUT2D eigenvalue weighted by Gasteiger charge is 2.27. The van der Waals surface area contributed by atoms with Crippen LogP contribution in [0, 0.1) is 17.2 Å². The van der Waals surface area contributed by atoms with E-state index in [9.17, 15) is 14.9 Å². The molecule has 0 saturated heterocycles. The van der Waals surface area contributed by atoms with Gasteiger partial charge in [0.25, 0.3) is 5.91 Å². The number of nitrogens with zero attached hydrogens (tertiary/aromatic N) is 2. The second-order valence-electron chi connectivity index (χ2n) is 6.92. The number of rotatable bonds is 6. The lowest BCUT2D eigenvalue weighted by molar-refractivity contribution is -0.148. The maximum absolute atomic E-state index is 12.7. The fourth-order valence-electron chi connectivity index (χ4n) is 3.02. The lowest BCUT2D eigenvalue weighted by Gasteiger charge is -2.21. The number of pyridine rings is 1. The van der Waals surface area contributed by atoms with Gasteiger partial charge in [0.05, 0.1) is 21.7 Å². The van der Waals surface area contributed by atoms with Crippen molar-refractivity contribution in [1.29, 1.82) is 5.26 Å². The Bertz CT molecular complexity index is 1100. The van der Waals surface area contributed by atoms with E-state index in [0.717, 1.165) is 5.52 Å². The molecule has 2 aromatic heterocycles. The van der Waals surface area contributed by atoms with Crippen molar-refractivity contribution in [3.63, 3.8) is 0 Å². The monoisotopic (exact) mass is 409 g/mol. The van der Waals surface area contributed by atoms with Crippen molar-refractivity contribution in [2.24, 2.45) is 5.92 Å². The second-order valence-corrected chi connectivity index (χ2v) is 7.32. The predicted octanol–water partition coefficient (Wildman–Crippen LogP) is 3.96. The Hall–Kier alpha value is -3.30. The van der Waals surface area contributed by atoms with Crippen molar-refractivity contribution in [2.75, 3.05) is 0 Å². The van der Waals surface area contributed by atoms with Crippen molar-refractivity contribution in [3.05, 3.63) is 76.6 Å². The summed E-state index contributed by atoms with van der Waals surface area (Å²) in [6.45, 7) is 3.56. The minimum Gasteiger partial charge on any atom is -0.459 e. The zero-order chi connectivity index (χ0) is 21.0. The van der Waals surface area contributed by atoms with Crippen molar-refractivity contribution in [3.8, 4) is 6.07 Å². The van der Waals surface area contributed by atoms with Crippen LogP contribution in [0.4, 0.5) is 0 Å². The summed E-state index contributed by atoms with van der Waals surface area (Å²) < 4.78 is 7.25. The largest absolute Gasteiger partial charge is 0.459 e. The third-order valence-electron chi connectivity index (χ3n) is 4.57. The molecule has 6 nitrogen and oxygen atoms in total. The van der Waals surface area contributed by atoms with Crippen LogP contribution < -0.4 is 5.32 Å². The molecule has 1 N–H and O–H groups in total. The van der Waals surface area contributed by atoms with Crippen LogP contribution in [-0.4, -0.2) is 22.3 Å². The summed E-state index contributed by atoms with van der Waals surface area (Å²) in [5.74, 6) is -1.21. The summed E-state index contributed by atoms with van der Waals surface area (Å²) in [6, 6.07) is 13.4. The molecule has 0 aliphatic heterocycles. The van der Waals surface area contributed by atoms with Gasteiger partial charge in [-0.05, 0) is 30.2 Å². The molecule has 1 amide bonds. The van der Waals surface area contributed by atoms with Gasteiger partial charge in [0.2, 0.25) is 0 Å². The lowest BCUT2D eigenvalue weighted by Crippen LogP contribution is -2.45. The normalized spacial score (nSPS) is 11.8. The molecule has 0 saturated carbocycles. The average molecular weight is 410 g/mol. The third-order valence-corrected chi connectivity index (χ3v) is 4.90. The lowest BCUT2D eigenvalue weighted by atomic mass is 10.0. The van der Waals surface area contributed by atoms with Gasteiger partial charge in [0.1, 0.15) is 18.7 Å². The summed E-state index contributed by atoms with van der Waals surface area (Å²) in [5.41, 5.74) is 2.10. The molecular formula is C22H20ClN3O3. The molecule has 148 valence electrons. The van der Waals surface area contributed by atoms with Gasteiger partial charge in [-0.15, -0.1) is 0 Å². The summed E-state index contributed by atoms with van der Waals surface area (Å²) in [4.78, 5) is 25.2. The van der Waals surface area contributed by atoms with Crippen LogP contribution in [0.2, 0.25) is 5.02 Å². The highest BCUT2D eigenvalue weighted by molar-refractivity contribution is 6.33. The van der Waals surface area contributed by atoms with Crippen LogP contribution >= 0.6 is 11.6 Å². The first-order valence-corrected chi connectivity index (χ1v) is 9.51. The SMILES string of the molecule is CC(C)[C@H](NC(=O)c1ccccc1Cl)C(=O)OCc1cn2ccccc2c1C#N. The highest BCUT2D eigenvalue weighted by Crippen LogP contribution is 2.20. The number of amides is 1. The van der Waals surface area contributed by atoms with Gasteiger partial charge in [-0.1, -0.05) is 43.6 Å². The molecule has 3 rings (SSSR count). The molecule has 0 fully saturated rings. The number of aromatic nitrogens is 1. The molecule has 1 atom stereocenters. The third kappa shape index (κ3) is 4.41. The van der Waals surface area contributed by atoms with E-state index in [4.69, 9.17) is 16.3 Å². The van der Waals surface area contributed by atoms with Gasteiger partial charge < -0.3 is 14.5 Å². The van der Waals surface area contributed by atoms with Crippen LogP contribution in [0.15, 0.2) is 54.9 Å². The van der Waals surface area contributed by atoms with Gasteiger partial charge in [-0.25, -0.2) is 4.79 Å². The van der Waals surface area contributed by atoms with E-state index < -0.39 is 17.9 Å². The summed E-state index contributed by atoms with van der Waals surface area (Å²) in [7, 11) is 0. The molecule has 0 unspecified atom stereocenters. The Morgan fingerprint density at radius 3 is 2.62 bits per heavy atom. The highest BCUT2D eigenvalue weighted by atomic mass is 35.5. The van der Waals surface area contributed by atoms with E-state index >= 15 is 0 Å². The van der Waals surface area contributed by atoms with Crippen molar-refractivity contribution in [1.82, 2.24) is 9.72 Å². The predicted molar refractivity (Wildman–Crippen MR) is 109 cm³/mol. The van der Waals surface area contributed by atoms with Crippen LogP contribution in [0.5, 0.6) is 0 Å². The smallest absolute Gasteiger partial charge is 0.329 e. The summed E-state index contributed by atoms with van der Waals surface area (Å²) in [5, 5.41) is 12.5. The van der Waals surface area contributed by atoms with E-state index in [1.54, 1.807) is 34.9 Å². The van der Waals surface area contributed by atoms with Crippen LogP contribution in [0.25, 0.3) is 5.52 Å². The van der Waals surface area contributed by atoms with Gasteiger partial charge >= 0.3 is 5.97 Å². The van der Waals surface area contributed by atoms with E-state index in [-0.39, 0.29) is 18.1 Å². The number of nitriles is 1. The van der Waals surface area contributed by atoms with Crippen molar-refractivity contribution < 1.29 is 14.3 Å². The molecule has 0 radical (unpaired) electrons. The number of esters is 1. The molecule has 0 aliphatic carbocycles. The number of benzene rings is 1. The molecular weight excluding hydrogens is 390 g/mol. The number of halogens is 1. The fourth-order valence-corrected chi connectivity index (χ4v) is 3.24. The number of ether oxygens (including phenoxy) is 1. The molecule has 1 aromatic carbocycles. The van der Waals surface area contributed by atoms with E-state index in [1.165, 1.54) is 0 Å². The fraction of sp³-hybridized carbons (Fsp3) is 0.227. The van der Waals surface area contributed by atoms with Crippen LogP contribution in [-0.2, 0) is 16.1 Å². The maximum atomic E-state index is 12.7. The number of hydrogen-bond acceptors (Lipinski definition) is 4. The number of carbonyl (C=O) groups excluding carboxylic acids is 2. The number of carbonyl (C=O) groups is 2. The number of hydrogen-bond donors (Lipinski definition) is 1. The van der Waals surface area contributed by atoms with E-state index in [0.29, 0.717) is 16.1 Å². The van der Waals surface area contributed by atoms with Gasteiger partial charge in [-0.3, -0.25) is 4.79 Å². The second kappa shape index (κ2) is 8.80. The topological polar surface area (TPSA) is 83.6 Å². The molecule has 0 spiro atoms. The number of fused-ring (bicyclic) bond motifs is 1. The van der Waals surface area contributed by atoms with Gasteiger partial charge in [0, 0.05) is 18.0 Å². The molecule has 7 heteroatoms. The Morgan fingerprint density at radius 2 is 1.93 bits per heavy atom. The first-order valence-electron chi connectivity index (χ1n) is 9.13. The minimum atomic E-state index is -0.846. The van der Waals surface area contributed by atoms with Crippen molar-refractivity contribution >= 4 is 29.0 Å². The molecule has 3 aromatic rings. The van der Waals surface area contributed by atoms with E-state index in [2.05, 4.69) is 11.4 Å². The molecule has 0 aliphatic rings. The quantitative estimate of drug-likeness (QED) is 0.624. The maximum Gasteiger partial charge on any atom is 0.329 e. The first kappa shape index (κ1) is 20.4. The molecule has 29 heavy (non-hydrogen) atoms. The Labute approximate surface area is 173 Å². The minimum absolute atomic E-state index is 0.0609. The van der Waals surface area contributed by atoms with Crippen molar-refractivity contribution in [2.45, 2.75) is 26.5 Å². The molecule has 2 heterocycles. The van der Waals surface area contributed by atoms with Crippen LogP contribution in [0.1, 0.15) is 35.3 Å². The zero-order valence-electron chi connectivity index (χ0n) is 16.1.